The maximum Gasteiger partial charge on any atom is 0.222 e. The van der Waals surface area contributed by atoms with E-state index in [0.717, 1.165) is 55.3 Å². The zero-order chi connectivity index (χ0) is 22.0. The molecule has 1 amide bonds. The molecule has 1 aliphatic heterocycles. The number of rotatable bonds is 2. The van der Waals surface area contributed by atoms with Gasteiger partial charge >= 0.3 is 0 Å². The first-order valence-corrected chi connectivity index (χ1v) is 11.5. The maximum absolute atomic E-state index is 11.6. The molecule has 1 aliphatic carbocycles. The highest BCUT2D eigenvalue weighted by Gasteiger charge is 2.31. The van der Waals surface area contributed by atoms with Crippen LogP contribution in [0.25, 0.3) is 11.1 Å². The second-order valence-electron chi connectivity index (χ2n) is 8.39. The summed E-state index contributed by atoms with van der Waals surface area (Å²) in [6, 6.07) is 12.6. The molecule has 0 radical (unpaired) electrons. The number of halogens is 2. The van der Waals surface area contributed by atoms with E-state index in [-0.39, 0.29) is 0 Å². The van der Waals surface area contributed by atoms with Crippen LogP contribution < -0.4 is 0 Å². The number of benzene rings is 2. The molecule has 1 fully saturated rings. The van der Waals surface area contributed by atoms with Crippen LogP contribution in [0.5, 0.6) is 0 Å². The number of nitrogens with zero attached hydrogens (tertiary/aromatic N) is 2. The minimum Gasteiger partial charge on any atom is -0.339 e. The summed E-state index contributed by atoms with van der Waals surface area (Å²) < 4.78 is 0. The number of fused-ring (bicyclic) bond motifs is 1. The molecular weight excluding hydrogens is 429 g/mol. The van der Waals surface area contributed by atoms with Gasteiger partial charge in [-0.2, -0.15) is 5.10 Å². The van der Waals surface area contributed by atoms with Gasteiger partial charge in [-0.05, 0) is 73.9 Å². The molecule has 1 N–H and O–H groups in total. The number of aromatic amines is 1. The Morgan fingerprint density at radius 3 is 2.39 bits per heavy atom. The molecular formula is C25H27Cl2N3O. The molecule has 5 rings (SSSR count). The van der Waals surface area contributed by atoms with Gasteiger partial charge in [-0.15, -0.1) is 0 Å². The van der Waals surface area contributed by atoms with E-state index in [1.807, 2.05) is 25.3 Å². The van der Waals surface area contributed by atoms with Crippen LogP contribution in [0.1, 0.15) is 41.6 Å². The van der Waals surface area contributed by atoms with Gasteiger partial charge in [0.05, 0.1) is 6.20 Å². The van der Waals surface area contributed by atoms with E-state index in [0.29, 0.717) is 22.0 Å². The average Bonchev–Trinajstić information content (AvgIpc) is 3.40. The SMILES string of the molecule is Cc1ccc(-c2cc(Cl)c(C)c(Cl)c2)cc1.O=C1CCCN1C1CCc2[nH]ncc2C1. The number of hydrogen-bond acceptors (Lipinski definition) is 2. The Labute approximate surface area is 193 Å². The monoisotopic (exact) mass is 455 g/mol. The minimum atomic E-state index is 0.340. The van der Waals surface area contributed by atoms with Crippen LogP contribution in [-0.4, -0.2) is 33.6 Å². The Bertz CT molecular complexity index is 1050. The lowest BCUT2D eigenvalue weighted by molar-refractivity contribution is -0.129. The molecule has 4 nitrogen and oxygen atoms in total. The van der Waals surface area contributed by atoms with Crippen molar-refractivity contribution in [3.8, 4) is 11.1 Å². The second-order valence-corrected chi connectivity index (χ2v) is 9.21. The number of aromatic nitrogens is 2. The lowest BCUT2D eigenvalue weighted by Gasteiger charge is -2.30. The number of carbonyl (C=O) groups excluding carboxylic acids is 1. The largest absolute Gasteiger partial charge is 0.339 e. The molecule has 2 aromatic carbocycles. The van der Waals surface area contributed by atoms with Crippen molar-refractivity contribution in [2.24, 2.45) is 0 Å². The van der Waals surface area contributed by atoms with Gasteiger partial charge in [-0.25, -0.2) is 0 Å². The van der Waals surface area contributed by atoms with E-state index in [9.17, 15) is 4.79 Å². The summed E-state index contributed by atoms with van der Waals surface area (Å²) in [6.45, 7) is 4.94. The molecule has 31 heavy (non-hydrogen) atoms. The molecule has 1 unspecified atom stereocenters. The average molecular weight is 456 g/mol. The topological polar surface area (TPSA) is 49.0 Å². The maximum atomic E-state index is 11.6. The number of amides is 1. The molecule has 0 spiro atoms. The summed E-state index contributed by atoms with van der Waals surface area (Å²) in [6.07, 6.45) is 6.78. The lowest BCUT2D eigenvalue weighted by atomic mass is 9.92. The van der Waals surface area contributed by atoms with Crippen molar-refractivity contribution in [3.05, 3.63) is 75.0 Å². The number of carbonyl (C=O) groups is 1. The molecule has 2 heterocycles. The van der Waals surface area contributed by atoms with Crippen LogP contribution in [0, 0.1) is 13.8 Å². The molecule has 3 aromatic rings. The van der Waals surface area contributed by atoms with Crippen LogP contribution in [-0.2, 0) is 17.6 Å². The van der Waals surface area contributed by atoms with E-state index >= 15 is 0 Å². The zero-order valence-corrected chi connectivity index (χ0v) is 19.4. The van der Waals surface area contributed by atoms with E-state index in [2.05, 4.69) is 46.3 Å². The Kier molecular flexibility index (Phi) is 6.68. The smallest absolute Gasteiger partial charge is 0.222 e. The van der Waals surface area contributed by atoms with Crippen molar-refractivity contribution in [2.45, 2.75) is 52.0 Å². The third-order valence-electron chi connectivity index (χ3n) is 6.21. The van der Waals surface area contributed by atoms with Crippen molar-refractivity contribution >= 4 is 29.1 Å². The minimum absolute atomic E-state index is 0.340. The first-order valence-electron chi connectivity index (χ1n) is 10.8. The van der Waals surface area contributed by atoms with Gasteiger partial charge in [0.15, 0.2) is 0 Å². The van der Waals surface area contributed by atoms with Crippen molar-refractivity contribution in [1.82, 2.24) is 15.1 Å². The number of nitrogens with one attached hydrogen (secondary N) is 1. The summed E-state index contributed by atoms with van der Waals surface area (Å²) in [5.41, 5.74) is 6.92. The third-order valence-corrected chi connectivity index (χ3v) is 6.99. The Morgan fingerprint density at radius 1 is 1.03 bits per heavy atom. The fraction of sp³-hybridized carbons (Fsp3) is 0.360. The summed E-state index contributed by atoms with van der Waals surface area (Å²) in [7, 11) is 0. The Morgan fingerprint density at radius 2 is 1.74 bits per heavy atom. The van der Waals surface area contributed by atoms with Gasteiger partial charge in [0, 0.05) is 34.7 Å². The highest BCUT2D eigenvalue weighted by Crippen LogP contribution is 2.31. The van der Waals surface area contributed by atoms with Crippen molar-refractivity contribution in [2.75, 3.05) is 6.54 Å². The number of likely N-dealkylation sites (tertiary alicyclic amines) is 1. The standard InChI is InChI=1S/C14H12Cl2.C11H15N3O/c1-9-3-5-11(6-4-9)12-7-13(15)10(2)14(16)8-12;15-11-2-1-5-14(11)9-3-4-10-8(6-9)7-12-13-10/h3-8H,1-2H3;7,9H,1-6H2,(H,12,13). The van der Waals surface area contributed by atoms with Crippen LogP contribution >= 0.6 is 23.2 Å². The molecule has 1 saturated heterocycles. The Hall–Kier alpha value is -2.30. The van der Waals surface area contributed by atoms with E-state index in [1.165, 1.54) is 16.8 Å². The van der Waals surface area contributed by atoms with Gasteiger partial charge in [0.1, 0.15) is 0 Å². The fourth-order valence-corrected chi connectivity index (χ4v) is 4.76. The van der Waals surface area contributed by atoms with Crippen molar-refractivity contribution in [1.29, 1.82) is 0 Å². The first kappa shape index (κ1) is 21.9. The molecule has 1 aromatic heterocycles. The van der Waals surface area contributed by atoms with E-state index < -0.39 is 0 Å². The Balaban J connectivity index is 0.000000149. The van der Waals surface area contributed by atoms with Gasteiger partial charge in [0.25, 0.3) is 0 Å². The van der Waals surface area contributed by atoms with Crippen LogP contribution in [0.2, 0.25) is 10.0 Å². The van der Waals surface area contributed by atoms with Gasteiger partial charge in [0.2, 0.25) is 5.91 Å². The van der Waals surface area contributed by atoms with Crippen molar-refractivity contribution < 1.29 is 4.79 Å². The predicted molar refractivity (Wildman–Crippen MR) is 127 cm³/mol. The summed E-state index contributed by atoms with van der Waals surface area (Å²) in [5.74, 6) is 0.340. The van der Waals surface area contributed by atoms with Crippen LogP contribution in [0.15, 0.2) is 42.6 Å². The van der Waals surface area contributed by atoms with Gasteiger partial charge < -0.3 is 4.90 Å². The second kappa shape index (κ2) is 9.46. The molecule has 0 saturated carbocycles. The number of H-pyrrole nitrogens is 1. The quantitative estimate of drug-likeness (QED) is 0.502. The summed E-state index contributed by atoms with van der Waals surface area (Å²) in [5, 5.41) is 8.50. The van der Waals surface area contributed by atoms with E-state index in [4.69, 9.17) is 23.2 Å². The lowest BCUT2D eigenvalue weighted by Crippen LogP contribution is -2.39. The summed E-state index contributed by atoms with van der Waals surface area (Å²) >= 11 is 12.2. The summed E-state index contributed by atoms with van der Waals surface area (Å²) in [4.78, 5) is 13.7. The highest BCUT2D eigenvalue weighted by molar-refractivity contribution is 6.36. The van der Waals surface area contributed by atoms with Crippen molar-refractivity contribution in [3.63, 3.8) is 0 Å². The number of hydrogen-bond donors (Lipinski definition) is 1. The normalized spacial score (nSPS) is 17.9. The first-order chi connectivity index (χ1) is 14.9. The van der Waals surface area contributed by atoms with E-state index in [1.54, 1.807) is 0 Å². The zero-order valence-electron chi connectivity index (χ0n) is 17.9. The molecule has 162 valence electrons. The van der Waals surface area contributed by atoms with Crippen LogP contribution in [0.3, 0.4) is 0 Å². The van der Waals surface area contributed by atoms with Gasteiger partial charge in [-0.1, -0.05) is 53.0 Å². The fourth-order valence-electron chi connectivity index (χ4n) is 4.28. The number of aryl methyl sites for hydroxylation is 2. The molecule has 2 aliphatic rings. The van der Waals surface area contributed by atoms with Crippen LogP contribution in [0.4, 0.5) is 0 Å². The van der Waals surface area contributed by atoms with Gasteiger partial charge in [-0.3, -0.25) is 9.89 Å². The molecule has 6 heteroatoms. The predicted octanol–water partition coefficient (Wildman–Crippen LogP) is 6.17. The highest BCUT2D eigenvalue weighted by atomic mass is 35.5. The molecule has 0 bridgehead atoms. The molecule has 1 atom stereocenters. The third kappa shape index (κ3) is 4.97.